The van der Waals surface area contributed by atoms with Crippen molar-refractivity contribution in [2.45, 2.75) is 18.9 Å². The first-order valence-electron chi connectivity index (χ1n) is 11.5. The van der Waals surface area contributed by atoms with Crippen LogP contribution in [0.5, 0.6) is 0 Å². The molecular weight excluding hydrogens is 478 g/mol. The van der Waals surface area contributed by atoms with Gasteiger partial charge in [0.2, 0.25) is 0 Å². The van der Waals surface area contributed by atoms with Gasteiger partial charge in [-0.15, -0.1) is 0 Å². The molecule has 2 aliphatic heterocycles. The zero-order valence-electron chi connectivity index (χ0n) is 19.2. The van der Waals surface area contributed by atoms with Crippen LogP contribution in [-0.4, -0.2) is 61.2 Å². The molecule has 0 atom stereocenters. The van der Waals surface area contributed by atoms with Gasteiger partial charge in [0.25, 0.3) is 0 Å². The number of H-pyrrole nitrogens is 1. The summed E-state index contributed by atoms with van der Waals surface area (Å²) in [5, 5.41) is 3.08. The van der Waals surface area contributed by atoms with Crippen LogP contribution in [0, 0.1) is 0 Å². The standard InChI is InChI=1S/C26H30BrN5O/c1-17-24(21-16-18(27)8-9-23(21)28-17)26-25(20-6-4-5-7-22(20)29-26)30-33-15-14-32-12-10-19(11-13-32)31(2)3/h4-9,16,19,29-30H,1,10-15H2,2-3H3. The van der Waals surface area contributed by atoms with Crippen LogP contribution in [0.15, 0.2) is 64.2 Å². The lowest BCUT2D eigenvalue weighted by atomic mass is 10.0. The molecule has 2 aliphatic rings. The third-order valence-corrected chi connectivity index (χ3v) is 7.19. The minimum Gasteiger partial charge on any atom is -0.353 e. The predicted octanol–water partition coefficient (Wildman–Crippen LogP) is 3.65. The van der Waals surface area contributed by atoms with Crippen molar-refractivity contribution in [3.8, 4) is 0 Å². The molecule has 0 saturated carbocycles. The highest BCUT2D eigenvalue weighted by Crippen LogP contribution is 2.34. The van der Waals surface area contributed by atoms with E-state index in [9.17, 15) is 0 Å². The number of fused-ring (bicyclic) bond motifs is 2. The fourth-order valence-corrected chi connectivity index (χ4v) is 5.20. The van der Waals surface area contributed by atoms with Gasteiger partial charge in [0.1, 0.15) is 0 Å². The van der Waals surface area contributed by atoms with E-state index in [4.69, 9.17) is 4.84 Å². The normalized spacial score (nSPS) is 17.1. The van der Waals surface area contributed by atoms with Crippen LogP contribution in [-0.2, 0) is 4.84 Å². The lowest BCUT2D eigenvalue weighted by Gasteiger charge is -2.35. The average molecular weight is 508 g/mol. The summed E-state index contributed by atoms with van der Waals surface area (Å²) in [4.78, 5) is 19.1. The molecule has 1 fully saturated rings. The monoisotopic (exact) mass is 507 g/mol. The molecule has 1 saturated heterocycles. The molecule has 5 rings (SSSR count). The van der Waals surface area contributed by atoms with E-state index in [1.807, 2.05) is 24.3 Å². The lowest BCUT2D eigenvalue weighted by molar-refractivity contribution is 0.105. The molecule has 1 aromatic heterocycles. The second kappa shape index (κ2) is 9.43. The van der Waals surface area contributed by atoms with Gasteiger partial charge < -0.3 is 14.8 Å². The van der Waals surface area contributed by atoms with E-state index >= 15 is 0 Å². The molecule has 33 heavy (non-hydrogen) atoms. The maximum absolute atomic E-state index is 6.01. The molecule has 172 valence electrons. The summed E-state index contributed by atoms with van der Waals surface area (Å²) in [6, 6.07) is 15.1. The zero-order valence-corrected chi connectivity index (χ0v) is 20.8. The number of nitrogens with one attached hydrogen (secondary N) is 2. The topological polar surface area (TPSA) is 55.9 Å². The molecule has 0 amide bonds. The molecule has 0 bridgehead atoms. The highest BCUT2D eigenvalue weighted by molar-refractivity contribution is 9.10. The smallest absolute Gasteiger partial charge is 0.0939 e. The molecule has 2 aromatic carbocycles. The number of allylic oxidation sites excluding steroid dienone is 1. The Labute approximate surface area is 202 Å². The van der Waals surface area contributed by atoms with Gasteiger partial charge in [0, 0.05) is 38.8 Å². The van der Waals surface area contributed by atoms with Gasteiger partial charge in [-0.3, -0.25) is 10.3 Å². The number of hydrogen-bond acceptors (Lipinski definition) is 5. The molecule has 0 unspecified atom stereocenters. The van der Waals surface area contributed by atoms with Crippen molar-refractivity contribution in [1.29, 1.82) is 0 Å². The van der Waals surface area contributed by atoms with Crippen molar-refractivity contribution in [1.82, 2.24) is 14.8 Å². The summed E-state index contributed by atoms with van der Waals surface area (Å²) in [6.45, 7) is 8.00. The largest absolute Gasteiger partial charge is 0.353 e. The summed E-state index contributed by atoms with van der Waals surface area (Å²) < 4.78 is 1.02. The number of likely N-dealkylation sites (tertiary alicyclic amines) is 1. The van der Waals surface area contributed by atoms with Crippen LogP contribution in [0.3, 0.4) is 0 Å². The van der Waals surface area contributed by atoms with E-state index in [0.29, 0.717) is 12.6 Å². The molecule has 0 aliphatic carbocycles. The number of nitrogens with zero attached hydrogens (tertiary/aromatic N) is 3. The summed E-state index contributed by atoms with van der Waals surface area (Å²) in [7, 11) is 4.35. The lowest BCUT2D eigenvalue weighted by Crippen LogP contribution is -2.43. The molecule has 7 heteroatoms. The summed E-state index contributed by atoms with van der Waals surface area (Å²) in [5.41, 5.74) is 7.94. The fourth-order valence-electron chi connectivity index (χ4n) is 4.83. The van der Waals surface area contributed by atoms with E-state index in [0.717, 1.165) is 68.2 Å². The molecule has 0 radical (unpaired) electrons. The molecule has 3 heterocycles. The minimum atomic E-state index is 0.619. The van der Waals surface area contributed by atoms with Crippen molar-refractivity contribution in [3.63, 3.8) is 0 Å². The number of halogens is 1. The summed E-state index contributed by atoms with van der Waals surface area (Å²) in [5.74, 6) is 0. The van der Waals surface area contributed by atoms with Gasteiger partial charge in [0.05, 0.1) is 29.0 Å². The summed E-state index contributed by atoms with van der Waals surface area (Å²) in [6.07, 6.45) is 2.43. The van der Waals surface area contributed by atoms with Crippen molar-refractivity contribution in [3.05, 3.63) is 75.5 Å². The predicted molar refractivity (Wildman–Crippen MR) is 138 cm³/mol. The van der Waals surface area contributed by atoms with Gasteiger partial charge in [-0.2, -0.15) is 0 Å². The molecule has 3 aromatic rings. The number of hydrogen-bond donors (Lipinski definition) is 2. The maximum Gasteiger partial charge on any atom is 0.0939 e. The Morgan fingerprint density at radius 1 is 1.21 bits per heavy atom. The first-order valence-corrected chi connectivity index (χ1v) is 12.3. The second-order valence-electron chi connectivity index (χ2n) is 9.00. The maximum atomic E-state index is 6.01. The number of aromatic amines is 1. The van der Waals surface area contributed by atoms with Crippen molar-refractivity contribution in [2.24, 2.45) is 4.99 Å². The Morgan fingerprint density at radius 3 is 2.79 bits per heavy atom. The van der Waals surface area contributed by atoms with E-state index in [1.54, 1.807) is 0 Å². The number of benzene rings is 2. The minimum absolute atomic E-state index is 0.619. The zero-order chi connectivity index (χ0) is 22.9. The number of anilines is 1. The number of aromatic nitrogens is 1. The third-order valence-electron chi connectivity index (χ3n) is 6.70. The quantitative estimate of drug-likeness (QED) is 0.378. The van der Waals surface area contributed by atoms with Crippen LogP contribution >= 0.6 is 15.9 Å². The number of rotatable bonds is 7. The third kappa shape index (κ3) is 4.51. The van der Waals surface area contributed by atoms with Crippen molar-refractivity contribution >= 4 is 38.1 Å². The van der Waals surface area contributed by atoms with Crippen molar-refractivity contribution < 1.29 is 4.84 Å². The fraction of sp³-hybridized carbons (Fsp3) is 0.346. The Hall–Kier alpha value is -2.45. The molecule has 0 spiro atoms. The molecule has 2 N–H and O–H groups in total. The van der Waals surface area contributed by atoms with E-state index in [1.165, 1.54) is 12.8 Å². The number of para-hydroxylation sites is 1. The van der Waals surface area contributed by atoms with Gasteiger partial charge in [-0.1, -0.05) is 40.7 Å². The highest BCUT2D eigenvalue weighted by Gasteiger charge is 2.22. The Balaban J connectivity index is 1.36. The van der Waals surface area contributed by atoms with Crippen LogP contribution in [0.25, 0.3) is 16.5 Å². The van der Waals surface area contributed by atoms with Crippen LogP contribution in [0.4, 0.5) is 5.69 Å². The Bertz CT molecular complexity index is 1300. The second-order valence-corrected chi connectivity index (χ2v) is 9.92. The summed E-state index contributed by atoms with van der Waals surface area (Å²) >= 11 is 3.60. The van der Waals surface area contributed by atoms with Crippen LogP contribution in [0.2, 0.25) is 0 Å². The highest BCUT2D eigenvalue weighted by atomic mass is 79.9. The number of piperidine rings is 1. The molecule has 6 nitrogen and oxygen atoms in total. The van der Waals surface area contributed by atoms with Gasteiger partial charge in [-0.25, -0.2) is 4.99 Å². The van der Waals surface area contributed by atoms with Gasteiger partial charge in [-0.05, 0) is 64.3 Å². The van der Waals surface area contributed by atoms with E-state index in [-0.39, 0.29) is 0 Å². The SMILES string of the molecule is C=C1N=c2ccc(Br)cc2=C1c1[nH]c2ccccc2c1NOCCN1CCC(N(C)C)CC1. The van der Waals surface area contributed by atoms with Gasteiger partial charge >= 0.3 is 0 Å². The van der Waals surface area contributed by atoms with Gasteiger partial charge in [0.15, 0.2) is 0 Å². The first-order chi connectivity index (χ1) is 16.0. The Kier molecular flexibility index (Phi) is 6.38. The first kappa shape index (κ1) is 22.3. The Morgan fingerprint density at radius 2 is 2.00 bits per heavy atom. The molecular formula is C26H30BrN5O. The van der Waals surface area contributed by atoms with Crippen LogP contribution < -0.4 is 16.1 Å². The van der Waals surface area contributed by atoms with Crippen LogP contribution in [0.1, 0.15) is 18.5 Å². The van der Waals surface area contributed by atoms with Crippen molar-refractivity contribution in [2.75, 3.05) is 45.8 Å². The average Bonchev–Trinajstić information content (AvgIpc) is 3.33. The van der Waals surface area contributed by atoms with E-state index in [2.05, 4.69) is 80.1 Å². The van der Waals surface area contributed by atoms with E-state index < -0.39 is 0 Å².